The molecule has 0 aliphatic rings. The van der Waals surface area contributed by atoms with Gasteiger partial charge in [0.1, 0.15) is 0 Å². The van der Waals surface area contributed by atoms with Crippen LogP contribution in [0.3, 0.4) is 0 Å². The molecule has 0 N–H and O–H groups in total. The predicted molar refractivity (Wildman–Crippen MR) is 20.7 cm³/mol. The summed E-state index contributed by atoms with van der Waals surface area (Å²) in [4.78, 5) is 17.6. The molecule has 0 atom stereocenters. The molecular weight excluding hydrogens is 263 g/mol. The van der Waals surface area contributed by atoms with Crippen molar-refractivity contribution in [2.24, 2.45) is 0 Å². The summed E-state index contributed by atoms with van der Waals surface area (Å²) in [7, 11) is 0. The quantitative estimate of drug-likeness (QED) is 0.328. The molecule has 0 saturated heterocycles. The molecule has 0 fully saturated rings. The summed E-state index contributed by atoms with van der Waals surface area (Å²) in [6.07, 6.45) is 0.389. The van der Waals surface area contributed by atoms with Crippen molar-refractivity contribution in [1.82, 2.24) is 0 Å². The number of hydrogen-bond donors (Lipinski definition) is 0. The van der Waals surface area contributed by atoms with Crippen molar-refractivity contribution in [2.75, 3.05) is 0 Å². The van der Waals surface area contributed by atoms with Gasteiger partial charge < -0.3 is 0 Å². The molecule has 2 nitrogen and oxygen atoms in total. The zero-order chi connectivity index (χ0) is 3.41. The number of hydrogen-bond acceptors (Lipinski definition) is 2. The Kier molecular flexibility index (Phi) is 15.9. The molecule has 2 radical (unpaired) electrons. The molecule has 3 heteroatoms. The number of carbonyl (C=O) groups excluding carboxylic acids is 2. The minimum atomic E-state index is 0. The van der Waals surface area contributed by atoms with Crippen molar-refractivity contribution in [3.8, 4) is 0 Å². The Bertz CT molecular complexity index is 28.6. The van der Waals surface area contributed by atoms with Crippen LogP contribution in [0.4, 0.5) is 0 Å². The molecule has 0 amide bonds. The standard InChI is InChI=1S/C2H2O2.Pb.2H/c3-1-2-4;;;/h1-2H;;;. The summed E-state index contributed by atoms with van der Waals surface area (Å²) in [5, 5.41) is 0. The van der Waals surface area contributed by atoms with Crippen LogP contribution >= 0.6 is 0 Å². The second-order valence-electron chi connectivity index (χ2n) is 0.272. The molecule has 0 heterocycles. The summed E-state index contributed by atoms with van der Waals surface area (Å²) in [6.45, 7) is 0. The van der Waals surface area contributed by atoms with Crippen molar-refractivity contribution >= 4 is 39.9 Å². The second kappa shape index (κ2) is 8.86. The van der Waals surface area contributed by atoms with Gasteiger partial charge in [-0.25, -0.2) is 0 Å². The van der Waals surface area contributed by atoms with Gasteiger partial charge in [0.25, 0.3) is 0 Å². The molecule has 0 aromatic heterocycles. The summed E-state index contributed by atoms with van der Waals surface area (Å²) in [6, 6.07) is 0. The van der Waals surface area contributed by atoms with Gasteiger partial charge in [0.2, 0.25) is 0 Å². The molecule has 0 aliphatic heterocycles. The molecule has 0 aromatic carbocycles. The molecule has 0 bridgehead atoms. The fourth-order valence-corrected chi connectivity index (χ4v) is 0. The van der Waals surface area contributed by atoms with Gasteiger partial charge in [-0.2, -0.15) is 0 Å². The van der Waals surface area contributed by atoms with E-state index in [4.69, 9.17) is 9.59 Å². The summed E-state index contributed by atoms with van der Waals surface area (Å²) in [5.41, 5.74) is 0. The Balaban J connectivity index is 0. The summed E-state index contributed by atoms with van der Waals surface area (Å²) < 4.78 is 0. The van der Waals surface area contributed by atoms with E-state index in [1.165, 1.54) is 0 Å². The first-order chi connectivity index (χ1) is 1.91. The molecule has 0 aliphatic carbocycles. The third kappa shape index (κ3) is 13.7. The summed E-state index contributed by atoms with van der Waals surface area (Å²) in [5.74, 6) is 0. The fraction of sp³-hybridized carbons (Fsp3) is 0. The Morgan fingerprint density at radius 2 is 1.20 bits per heavy atom. The summed E-state index contributed by atoms with van der Waals surface area (Å²) >= 11 is 0. The van der Waals surface area contributed by atoms with Gasteiger partial charge in [0, 0.05) is 0 Å². The van der Waals surface area contributed by atoms with E-state index in [1.807, 2.05) is 0 Å². The molecule has 0 aromatic rings. The van der Waals surface area contributed by atoms with Crippen molar-refractivity contribution in [3.05, 3.63) is 0 Å². The van der Waals surface area contributed by atoms with Crippen LogP contribution in [0.2, 0.25) is 0 Å². The van der Waals surface area contributed by atoms with Crippen LogP contribution in [0.15, 0.2) is 0 Å². The van der Waals surface area contributed by atoms with E-state index in [0.29, 0.717) is 0 Å². The van der Waals surface area contributed by atoms with Crippen molar-refractivity contribution in [1.29, 1.82) is 0 Å². The van der Waals surface area contributed by atoms with Gasteiger partial charge in [0.15, 0.2) is 12.6 Å². The van der Waals surface area contributed by atoms with Crippen LogP contribution in [0.1, 0.15) is 0 Å². The predicted octanol–water partition coefficient (Wildman–Crippen LogP) is -1.53. The van der Waals surface area contributed by atoms with Gasteiger partial charge in [-0.05, 0) is 0 Å². The average Bonchev–Trinajstić information content (AvgIpc) is 1.37. The van der Waals surface area contributed by atoms with Gasteiger partial charge in [0.05, 0.1) is 0 Å². The third-order valence-corrected chi connectivity index (χ3v) is 0.0556. The van der Waals surface area contributed by atoms with E-state index >= 15 is 0 Å². The molecule has 28 valence electrons. The second-order valence-corrected chi connectivity index (χ2v) is 0.272. The number of carbonyl (C=O) groups is 2. The first kappa shape index (κ1) is 8.98. The Morgan fingerprint density at radius 1 is 1.00 bits per heavy atom. The zero-order valence-corrected chi connectivity index (χ0v) is 8.18. The van der Waals surface area contributed by atoms with E-state index in [9.17, 15) is 0 Å². The topological polar surface area (TPSA) is 34.1 Å². The Hall–Kier alpha value is 0.262. The molecule has 5 heavy (non-hydrogen) atoms. The first-order valence-electron chi connectivity index (χ1n) is 0.805. The molecule has 0 rings (SSSR count). The van der Waals surface area contributed by atoms with E-state index in [1.54, 1.807) is 0 Å². The van der Waals surface area contributed by atoms with Crippen LogP contribution in [-0.2, 0) is 9.59 Å². The average molecular weight is 267 g/mol. The van der Waals surface area contributed by atoms with E-state index in [-0.39, 0.29) is 39.9 Å². The maximum atomic E-state index is 8.81. The molecular formula is C2H4O2Pb. The maximum absolute atomic E-state index is 8.81. The van der Waals surface area contributed by atoms with E-state index in [0.717, 1.165) is 0 Å². The number of rotatable bonds is 1. The molecule has 0 spiro atoms. The van der Waals surface area contributed by atoms with Crippen LogP contribution in [0.25, 0.3) is 0 Å². The number of aldehydes is 2. The van der Waals surface area contributed by atoms with Crippen LogP contribution in [0.5, 0.6) is 0 Å². The monoisotopic (exact) mass is 268 g/mol. The van der Waals surface area contributed by atoms with Crippen LogP contribution < -0.4 is 0 Å². The first-order valence-corrected chi connectivity index (χ1v) is 0.805. The van der Waals surface area contributed by atoms with Crippen molar-refractivity contribution in [3.63, 3.8) is 0 Å². The van der Waals surface area contributed by atoms with Crippen LogP contribution in [0, 0.1) is 0 Å². The SMILES string of the molecule is O=CC=O.[PbH2]. The van der Waals surface area contributed by atoms with E-state index in [2.05, 4.69) is 0 Å². The van der Waals surface area contributed by atoms with Crippen molar-refractivity contribution in [2.45, 2.75) is 0 Å². The van der Waals surface area contributed by atoms with Gasteiger partial charge >= 0.3 is 27.3 Å². The van der Waals surface area contributed by atoms with E-state index < -0.39 is 0 Å². The fourth-order valence-electron chi connectivity index (χ4n) is 0. The normalized spacial score (nSPS) is 4.00. The molecule has 0 saturated carbocycles. The third-order valence-electron chi connectivity index (χ3n) is 0.0556. The molecule has 0 unspecified atom stereocenters. The Labute approximate surface area is 49.7 Å². The Morgan fingerprint density at radius 3 is 1.20 bits per heavy atom. The van der Waals surface area contributed by atoms with Crippen molar-refractivity contribution < 1.29 is 9.59 Å². The van der Waals surface area contributed by atoms with Gasteiger partial charge in [-0.3, -0.25) is 9.59 Å². The van der Waals surface area contributed by atoms with Crippen LogP contribution in [-0.4, -0.2) is 39.9 Å². The van der Waals surface area contributed by atoms with Gasteiger partial charge in [-0.15, -0.1) is 0 Å². The van der Waals surface area contributed by atoms with Gasteiger partial charge in [-0.1, -0.05) is 0 Å². The minimum absolute atomic E-state index is 0. The zero-order valence-electron chi connectivity index (χ0n) is 2.68.